The van der Waals surface area contributed by atoms with E-state index in [9.17, 15) is 9.59 Å². The Morgan fingerprint density at radius 1 is 0.923 bits per heavy atom. The molecule has 0 unspecified atom stereocenters. The van der Waals surface area contributed by atoms with Crippen molar-refractivity contribution in [2.75, 3.05) is 31.5 Å². The van der Waals surface area contributed by atoms with Gasteiger partial charge in [-0.25, -0.2) is 4.79 Å². The van der Waals surface area contributed by atoms with E-state index in [2.05, 4.69) is 28.4 Å². The van der Waals surface area contributed by atoms with Crippen LogP contribution in [-0.2, 0) is 11.3 Å². The molecule has 5 rings (SSSR count). The molecule has 2 amide bonds. The quantitative estimate of drug-likeness (QED) is 0.313. The summed E-state index contributed by atoms with van der Waals surface area (Å²) in [5.41, 5.74) is 4.70. The van der Waals surface area contributed by atoms with Crippen LogP contribution in [0.5, 0.6) is 0 Å². The highest BCUT2D eigenvalue weighted by Gasteiger charge is 2.26. The van der Waals surface area contributed by atoms with Gasteiger partial charge in [0.05, 0.1) is 5.69 Å². The molecule has 1 fully saturated rings. The van der Waals surface area contributed by atoms with Gasteiger partial charge in [-0.15, -0.1) is 0 Å². The number of rotatable bonds is 5. The number of furan rings is 1. The van der Waals surface area contributed by atoms with Gasteiger partial charge in [0.25, 0.3) is 5.91 Å². The Kier molecular flexibility index (Phi) is 7.44. The summed E-state index contributed by atoms with van der Waals surface area (Å²) in [6.45, 7) is 11.3. The lowest BCUT2D eigenvalue weighted by Crippen LogP contribution is -2.49. The highest BCUT2D eigenvalue weighted by atomic mass is 16.6. The number of ether oxygens (including phenoxy) is 1. The predicted molar refractivity (Wildman–Crippen MR) is 154 cm³/mol. The summed E-state index contributed by atoms with van der Waals surface area (Å²) in [5, 5.41) is 4.04. The first kappa shape index (κ1) is 26.5. The maximum Gasteiger partial charge on any atom is 0.410 e. The lowest BCUT2D eigenvalue weighted by atomic mass is 10.1. The molecule has 39 heavy (non-hydrogen) atoms. The number of carbonyl (C=O) groups is 2. The van der Waals surface area contributed by atoms with Gasteiger partial charge >= 0.3 is 6.09 Å². The van der Waals surface area contributed by atoms with Gasteiger partial charge in [0.15, 0.2) is 0 Å². The third-order valence-electron chi connectivity index (χ3n) is 6.77. The molecule has 1 aromatic heterocycles. The number of hydrogen-bond donors (Lipinski definition) is 1. The van der Waals surface area contributed by atoms with Crippen LogP contribution in [0.25, 0.3) is 22.3 Å². The molecule has 4 aromatic rings. The van der Waals surface area contributed by atoms with Crippen molar-refractivity contribution in [2.24, 2.45) is 0 Å². The largest absolute Gasteiger partial charge is 0.456 e. The van der Waals surface area contributed by atoms with Crippen LogP contribution in [0.2, 0.25) is 0 Å². The number of carbonyl (C=O) groups excluding carboxylic acids is 2. The summed E-state index contributed by atoms with van der Waals surface area (Å²) < 4.78 is 11.8. The minimum absolute atomic E-state index is 0.160. The van der Waals surface area contributed by atoms with Crippen LogP contribution in [0.3, 0.4) is 0 Å². The Balaban J connectivity index is 1.27. The molecule has 0 saturated carbocycles. The average molecular weight is 526 g/mol. The zero-order chi connectivity index (χ0) is 27.6. The first-order valence-corrected chi connectivity index (χ1v) is 13.3. The zero-order valence-corrected chi connectivity index (χ0v) is 23.0. The SMILES string of the molecule is Cc1ccc(C(=O)Nc2ccccc2-c2cc3ccc(CN4CCN(C(=O)OC(C)(C)C)CC4)cc3o2)cc1. The van der Waals surface area contributed by atoms with Gasteiger partial charge in [-0.1, -0.05) is 42.0 Å². The van der Waals surface area contributed by atoms with E-state index in [1.165, 1.54) is 0 Å². The van der Waals surface area contributed by atoms with Crippen LogP contribution >= 0.6 is 0 Å². The van der Waals surface area contributed by atoms with E-state index in [1.54, 1.807) is 4.90 Å². The van der Waals surface area contributed by atoms with Crippen LogP contribution in [0.15, 0.2) is 77.2 Å². The van der Waals surface area contributed by atoms with Crippen molar-refractivity contribution in [1.82, 2.24) is 9.80 Å². The number of piperazine rings is 1. The van der Waals surface area contributed by atoms with Crippen LogP contribution in [-0.4, -0.2) is 53.6 Å². The summed E-state index contributed by atoms with van der Waals surface area (Å²) in [7, 11) is 0. The Labute approximate surface area is 229 Å². The molecule has 0 radical (unpaired) electrons. The third kappa shape index (κ3) is 6.49. The minimum atomic E-state index is -0.487. The zero-order valence-electron chi connectivity index (χ0n) is 23.0. The van der Waals surface area contributed by atoms with Gasteiger partial charge in [-0.05, 0) is 69.7 Å². The second kappa shape index (κ2) is 10.9. The van der Waals surface area contributed by atoms with Crippen molar-refractivity contribution in [1.29, 1.82) is 0 Å². The molecule has 0 atom stereocenters. The smallest absolute Gasteiger partial charge is 0.410 e. The molecule has 3 aromatic carbocycles. The molecule has 1 saturated heterocycles. The van der Waals surface area contributed by atoms with Crippen molar-refractivity contribution in [3.05, 3.63) is 89.5 Å². The Bertz CT molecular complexity index is 1480. The number of anilines is 1. The second-order valence-corrected chi connectivity index (χ2v) is 11.1. The van der Waals surface area contributed by atoms with E-state index in [-0.39, 0.29) is 12.0 Å². The summed E-state index contributed by atoms with van der Waals surface area (Å²) in [4.78, 5) is 29.3. The van der Waals surface area contributed by atoms with Gasteiger partial charge in [0, 0.05) is 49.2 Å². The van der Waals surface area contributed by atoms with Gasteiger partial charge in [0.1, 0.15) is 16.9 Å². The Morgan fingerprint density at radius 3 is 2.36 bits per heavy atom. The number of amides is 2. The third-order valence-corrected chi connectivity index (χ3v) is 6.77. The monoisotopic (exact) mass is 525 g/mol. The molecule has 0 aliphatic carbocycles. The van der Waals surface area contributed by atoms with E-state index in [0.717, 1.165) is 47.3 Å². The number of benzene rings is 3. The highest BCUT2D eigenvalue weighted by Crippen LogP contribution is 2.33. The fourth-order valence-electron chi connectivity index (χ4n) is 4.69. The molecule has 7 nitrogen and oxygen atoms in total. The standard InChI is InChI=1S/C32H35N3O4/c1-22-9-12-24(13-10-22)30(36)33-27-8-6-5-7-26(27)29-20-25-14-11-23(19-28(25)38-29)21-34-15-17-35(18-16-34)31(37)39-32(2,3)4/h5-14,19-20H,15-18,21H2,1-4H3,(H,33,36). The molecule has 2 heterocycles. The van der Waals surface area contributed by atoms with Gasteiger partial charge in [-0.3, -0.25) is 9.69 Å². The van der Waals surface area contributed by atoms with Crippen molar-refractivity contribution in [2.45, 2.75) is 39.8 Å². The van der Waals surface area contributed by atoms with Crippen molar-refractivity contribution in [3.8, 4) is 11.3 Å². The second-order valence-electron chi connectivity index (χ2n) is 11.1. The Morgan fingerprint density at radius 2 is 1.64 bits per heavy atom. The Hall–Kier alpha value is -4.10. The molecular formula is C32H35N3O4. The van der Waals surface area contributed by atoms with Crippen molar-refractivity contribution in [3.63, 3.8) is 0 Å². The topological polar surface area (TPSA) is 75.0 Å². The minimum Gasteiger partial charge on any atom is -0.456 e. The lowest BCUT2D eigenvalue weighted by molar-refractivity contribution is 0.0139. The van der Waals surface area contributed by atoms with Gasteiger partial charge in [-0.2, -0.15) is 0 Å². The van der Waals surface area contributed by atoms with E-state index < -0.39 is 5.60 Å². The molecule has 1 N–H and O–H groups in total. The predicted octanol–water partition coefficient (Wildman–Crippen LogP) is 6.71. The summed E-state index contributed by atoms with van der Waals surface area (Å²) in [5.74, 6) is 0.542. The van der Waals surface area contributed by atoms with Crippen LogP contribution in [0.4, 0.5) is 10.5 Å². The summed E-state index contributed by atoms with van der Waals surface area (Å²) in [6, 6.07) is 23.5. The molecule has 202 valence electrons. The molecule has 0 bridgehead atoms. The normalized spacial score (nSPS) is 14.4. The summed E-state index contributed by atoms with van der Waals surface area (Å²) in [6.07, 6.45) is -0.248. The molecular weight excluding hydrogens is 490 g/mol. The molecule has 1 aliphatic rings. The van der Waals surface area contributed by atoms with Crippen molar-refractivity contribution < 1.29 is 18.7 Å². The summed E-state index contributed by atoms with van der Waals surface area (Å²) >= 11 is 0. The highest BCUT2D eigenvalue weighted by molar-refractivity contribution is 6.06. The number of aryl methyl sites for hydroxylation is 1. The maximum absolute atomic E-state index is 12.9. The van der Waals surface area contributed by atoms with Gasteiger partial charge < -0.3 is 19.4 Å². The van der Waals surface area contributed by atoms with Crippen LogP contribution in [0, 0.1) is 6.92 Å². The number of para-hydroxylation sites is 1. The van der Waals surface area contributed by atoms with E-state index in [1.807, 2.05) is 82.3 Å². The fourth-order valence-corrected chi connectivity index (χ4v) is 4.69. The number of hydrogen-bond acceptors (Lipinski definition) is 5. The van der Waals surface area contributed by atoms with Crippen LogP contribution in [0.1, 0.15) is 42.3 Å². The average Bonchev–Trinajstić information content (AvgIpc) is 3.32. The van der Waals surface area contributed by atoms with E-state index in [4.69, 9.17) is 9.15 Å². The molecule has 1 aliphatic heterocycles. The fraction of sp³-hybridized carbons (Fsp3) is 0.312. The number of nitrogens with zero attached hydrogens (tertiary/aromatic N) is 2. The molecule has 0 spiro atoms. The maximum atomic E-state index is 12.9. The van der Waals surface area contributed by atoms with Gasteiger partial charge in [0.2, 0.25) is 0 Å². The first-order valence-electron chi connectivity index (χ1n) is 13.3. The number of nitrogens with one attached hydrogen (secondary N) is 1. The van der Waals surface area contributed by atoms with Crippen molar-refractivity contribution >= 4 is 28.7 Å². The molecule has 7 heteroatoms. The first-order chi connectivity index (χ1) is 18.6. The van der Waals surface area contributed by atoms with E-state index in [0.29, 0.717) is 30.1 Å². The van der Waals surface area contributed by atoms with E-state index >= 15 is 0 Å². The van der Waals surface area contributed by atoms with Crippen LogP contribution < -0.4 is 5.32 Å². The lowest BCUT2D eigenvalue weighted by Gasteiger charge is -2.35. The number of fused-ring (bicyclic) bond motifs is 1.